The fourth-order valence-electron chi connectivity index (χ4n) is 2.95. The van der Waals surface area contributed by atoms with Gasteiger partial charge in [0.1, 0.15) is 12.0 Å². The third kappa shape index (κ3) is 3.86. The van der Waals surface area contributed by atoms with Gasteiger partial charge in [-0.2, -0.15) is 0 Å². The van der Waals surface area contributed by atoms with Crippen LogP contribution in [0.5, 0.6) is 5.75 Å². The van der Waals surface area contributed by atoms with E-state index >= 15 is 0 Å². The van der Waals surface area contributed by atoms with Gasteiger partial charge >= 0.3 is 0 Å². The second-order valence-corrected chi connectivity index (χ2v) is 6.41. The third-order valence-electron chi connectivity index (χ3n) is 4.14. The minimum Gasteiger partial charge on any atom is -0.497 e. The van der Waals surface area contributed by atoms with Crippen molar-refractivity contribution in [2.24, 2.45) is 5.41 Å². The summed E-state index contributed by atoms with van der Waals surface area (Å²) < 4.78 is 11.0. The molecule has 1 unspecified atom stereocenters. The first kappa shape index (κ1) is 16.5. The van der Waals surface area contributed by atoms with Gasteiger partial charge in [0, 0.05) is 0 Å². The number of rotatable bonds is 7. The van der Waals surface area contributed by atoms with Crippen molar-refractivity contribution in [3.63, 3.8) is 0 Å². The van der Waals surface area contributed by atoms with Gasteiger partial charge in [0.05, 0.1) is 20.3 Å². The van der Waals surface area contributed by atoms with E-state index in [2.05, 4.69) is 13.5 Å². The maximum Gasteiger partial charge on any atom is 0.146 e. The summed E-state index contributed by atoms with van der Waals surface area (Å²) in [4.78, 5) is 11.2. The molecular weight excluding hydrogens is 276 g/mol. The highest BCUT2D eigenvalue weighted by Gasteiger charge is 2.35. The van der Waals surface area contributed by atoms with Gasteiger partial charge in [0.25, 0.3) is 0 Å². The van der Waals surface area contributed by atoms with Crippen LogP contribution in [0.2, 0.25) is 0 Å². The summed E-state index contributed by atoms with van der Waals surface area (Å²) in [6.45, 7) is 9.30. The highest BCUT2D eigenvalue weighted by atomic mass is 16.5. The first-order valence-corrected chi connectivity index (χ1v) is 7.51. The minimum absolute atomic E-state index is 0.0169. The van der Waals surface area contributed by atoms with Crippen molar-refractivity contribution in [2.75, 3.05) is 13.7 Å². The Morgan fingerprint density at radius 3 is 2.50 bits per heavy atom. The summed E-state index contributed by atoms with van der Waals surface area (Å²) in [7, 11) is 1.66. The number of hydrogen-bond donors (Lipinski definition) is 0. The van der Waals surface area contributed by atoms with Crippen molar-refractivity contribution >= 4 is 6.29 Å². The van der Waals surface area contributed by atoms with Crippen LogP contribution in [0.25, 0.3) is 0 Å². The number of benzene rings is 1. The lowest BCUT2D eigenvalue weighted by Crippen LogP contribution is -2.20. The Morgan fingerprint density at radius 2 is 2.00 bits per heavy atom. The molecule has 0 N–H and O–H groups in total. The van der Waals surface area contributed by atoms with Gasteiger partial charge < -0.3 is 9.47 Å². The number of aldehydes is 1. The van der Waals surface area contributed by atoms with Crippen molar-refractivity contribution in [3.8, 4) is 5.75 Å². The summed E-state index contributed by atoms with van der Waals surface area (Å²) in [5.41, 5.74) is 4.07. The molecule has 22 heavy (non-hydrogen) atoms. The van der Waals surface area contributed by atoms with E-state index in [9.17, 15) is 4.79 Å². The molecule has 0 aliphatic heterocycles. The smallest absolute Gasteiger partial charge is 0.146 e. The standard InChI is InChI=1S/C19H24O3/c1-14(2)18-10-19(3,9-16(18)11-20)13-22-12-15-5-7-17(21-4)8-6-15/h5-8,11H,1,9-10,12-13H2,2-4H3. The van der Waals surface area contributed by atoms with Crippen LogP contribution < -0.4 is 4.74 Å². The van der Waals surface area contributed by atoms with Crippen LogP contribution in [0.3, 0.4) is 0 Å². The van der Waals surface area contributed by atoms with E-state index in [0.29, 0.717) is 13.2 Å². The van der Waals surface area contributed by atoms with Crippen LogP contribution in [0.1, 0.15) is 32.3 Å². The van der Waals surface area contributed by atoms with Crippen LogP contribution in [0.15, 0.2) is 47.6 Å². The average Bonchev–Trinajstić information content (AvgIpc) is 2.86. The van der Waals surface area contributed by atoms with Gasteiger partial charge in [0.15, 0.2) is 0 Å². The summed E-state index contributed by atoms with van der Waals surface area (Å²) in [6.07, 6.45) is 2.60. The van der Waals surface area contributed by atoms with Crippen molar-refractivity contribution in [2.45, 2.75) is 33.3 Å². The molecular formula is C19H24O3. The Hall–Kier alpha value is -1.87. The van der Waals surface area contributed by atoms with E-state index in [0.717, 1.165) is 47.2 Å². The molecule has 2 rings (SSSR count). The number of ether oxygens (including phenoxy) is 2. The number of hydrogen-bond acceptors (Lipinski definition) is 3. The molecule has 118 valence electrons. The third-order valence-corrected chi connectivity index (χ3v) is 4.14. The number of methoxy groups -OCH3 is 1. The molecule has 0 radical (unpaired) electrons. The molecule has 1 aromatic carbocycles. The van der Waals surface area contributed by atoms with E-state index in [1.54, 1.807) is 7.11 Å². The molecule has 0 fully saturated rings. The summed E-state index contributed by atoms with van der Waals surface area (Å²) in [5.74, 6) is 0.845. The second-order valence-electron chi connectivity index (χ2n) is 6.41. The molecule has 0 amide bonds. The van der Waals surface area contributed by atoms with Gasteiger partial charge in [0.2, 0.25) is 0 Å². The van der Waals surface area contributed by atoms with Crippen LogP contribution in [0, 0.1) is 5.41 Å². The van der Waals surface area contributed by atoms with Gasteiger partial charge in [-0.15, -0.1) is 0 Å². The van der Waals surface area contributed by atoms with Crippen molar-refractivity contribution in [3.05, 3.63) is 53.1 Å². The number of carbonyl (C=O) groups is 1. The topological polar surface area (TPSA) is 35.5 Å². The zero-order valence-corrected chi connectivity index (χ0v) is 13.6. The van der Waals surface area contributed by atoms with E-state index in [1.165, 1.54) is 0 Å². The molecule has 0 aromatic heterocycles. The fourth-order valence-corrected chi connectivity index (χ4v) is 2.95. The highest BCUT2D eigenvalue weighted by Crippen LogP contribution is 2.43. The SMILES string of the molecule is C=C(C)C1=C(C=O)CC(C)(COCc2ccc(OC)cc2)C1. The first-order chi connectivity index (χ1) is 10.5. The van der Waals surface area contributed by atoms with Gasteiger partial charge in [-0.1, -0.05) is 31.2 Å². The molecule has 3 nitrogen and oxygen atoms in total. The average molecular weight is 300 g/mol. The lowest BCUT2D eigenvalue weighted by Gasteiger charge is -2.24. The normalized spacial score (nSPS) is 21.0. The van der Waals surface area contributed by atoms with E-state index < -0.39 is 0 Å². The maximum absolute atomic E-state index is 11.2. The molecule has 0 saturated heterocycles. The summed E-state index contributed by atoms with van der Waals surface area (Å²) in [5, 5.41) is 0. The summed E-state index contributed by atoms with van der Waals surface area (Å²) >= 11 is 0. The maximum atomic E-state index is 11.2. The van der Waals surface area contributed by atoms with Crippen molar-refractivity contribution < 1.29 is 14.3 Å². The molecule has 1 atom stereocenters. The van der Waals surface area contributed by atoms with Gasteiger partial charge in [-0.05, 0) is 54.0 Å². The second kappa shape index (κ2) is 6.93. The van der Waals surface area contributed by atoms with Crippen molar-refractivity contribution in [1.82, 2.24) is 0 Å². The molecule has 1 aliphatic carbocycles. The Balaban J connectivity index is 1.89. The Labute approximate surface area is 132 Å². The minimum atomic E-state index is -0.0169. The Bertz CT molecular complexity index is 583. The van der Waals surface area contributed by atoms with Crippen LogP contribution in [0.4, 0.5) is 0 Å². The first-order valence-electron chi connectivity index (χ1n) is 7.51. The molecule has 0 spiro atoms. The van der Waals surface area contributed by atoms with E-state index in [4.69, 9.17) is 9.47 Å². The molecule has 1 aliphatic rings. The monoisotopic (exact) mass is 300 g/mol. The van der Waals surface area contributed by atoms with Gasteiger partial charge in [-0.25, -0.2) is 0 Å². The Morgan fingerprint density at radius 1 is 1.32 bits per heavy atom. The molecule has 1 aromatic rings. The number of carbonyl (C=O) groups excluding carboxylic acids is 1. The highest BCUT2D eigenvalue weighted by molar-refractivity contribution is 5.77. The van der Waals surface area contributed by atoms with E-state index in [-0.39, 0.29) is 5.41 Å². The predicted molar refractivity (Wildman–Crippen MR) is 87.9 cm³/mol. The quantitative estimate of drug-likeness (QED) is 0.712. The largest absolute Gasteiger partial charge is 0.497 e. The molecule has 0 heterocycles. The molecule has 0 bridgehead atoms. The lowest BCUT2D eigenvalue weighted by molar-refractivity contribution is -0.105. The van der Waals surface area contributed by atoms with Crippen molar-refractivity contribution in [1.29, 1.82) is 0 Å². The van der Waals surface area contributed by atoms with Gasteiger partial charge in [-0.3, -0.25) is 4.79 Å². The molecule has 3 heteroatoms. The molecule has 0 saturated carbocycles. The fraction of sp³-hybridized carbons (Fsp3) is 0.421. The Kier molecular flexibility index (Phi) is 5.19. The lowest BCUT2D eigenvalue weighted by atomic mass is 9.86. The number of allylic oxidation sites excluding steroid dienone is 3. The zero-order valence-electron chi connectivity index (χ0n) is 13.6. The van der Waals surface area contributed by atoms with Crippen LogP contribution >= 0.6 is 0 Å². The van der Waals surface area contributed by atoms with Crippen LogP contribution in [-0.4, -0.2) is 20.0 Å². The van der Waals surface area contributed by atoms with E-state index in [1.807, 2.05) is 31.2 Å². The summed E-state index contributed by atoms with van der Waals surface area (Å²) in [6, 6.07) is 7.87. The predicted octanol–water partition coefficient (Wildman–Crippen LogP) is 4.08. The van der Waals surface area contributed by atoms with Crippen LogP contribution in [-0.2, 0) is 16.1 Å². The zero-order chi connectivity index (χ0) is 16.2.